The average molecular weight is 352 g/mol. The number of methoxy groups -OCH3 is 1. The van der Waals surface area contributed by atoms with E-state index < -0.39 is 5.97 Å². The molecule has 0 aliphatic carbocycles. The van der Waals surface area contributed by atoms with Crippen LogP contribution in [-0.2, 0) is 11.3 Å². The molecule has 0 fully saturated rings. The molecule has 3 rings (SSSR count). The zero-order chi connectivity index (χ0) is 18.4. The molecule has 0 saturated heterocycles. The fraction of sp³-hybridized carbons (Fsp3) is 0.105. The van der Waals surface area contributed by atoms with Crippen LogP contribution in [0, 0.1) is 5.82 Å². The fourth-order valence-corrected chi connectivity index (χ4v) is 2.31. The van der Waals surface area contributed by atoms with Crippen LogP contribution in [0.25, 0.3) is 0 Å². The van der Waals surface area contributed by atoms with Crippen LogP contribution in [0.1, 0.15) is 15.9 Å². The van der Waals surface area contributed by atoms with Crippen molar-refractivity contribution in [3.05, 3.63) is 77.9 Å². The molecule has 7 heteroatoms. The number of aromatic nitrogens is 2. The van der Waals surface area contributed by atoms with Gasteiger partial charge in [0.1, 0.15) is 23.8 Å². The maximum Gasteiger partial charge on any atom is 0.337 e. The molecule has 3 aromatic rings. The second-order valence-electron chi connectivity index (χ2n) is 5.43. The molecule has 0 aliphatic rings. The molecule has 2 N–H and O–H groups in total. The first-order valence-corrected chi connectivity index (χ1v) is 7.90. The molecule has 0 saturated carbocycles. The van der Waals surface area contributed by atoms with Gasteiger partial charge in [0.2, 0.25) is 0 Å². The second-order valence-corrected chi connectivity index (χ2v) is 5.43. The van der Waals surface area contributed by atoms with Gasteiger partial charge in [0, 0.05) is 23.9 Å². The number of anilines is 3. The van der Waals surface area contributed by atoms with Crippen LogP contribution in [0.5, 0.6) is 0 Å². The van der Waals surface area contributed by atoms with Gasteiger partial charge in [-0.15, -0.1) is 0 Å². The first-order chi connectivity index (χ1) is 12.7. The number of nitrogens with zero attached hydrogens (tertiary/aromatic N) is 2. The molecule has 0 aliphatic heterocycles. The fourth-order valence-electron chi connectivity index (χ4n) is 2.31. The quantitative estimate of drug-likeness (QED) is 0.658. The summed E-state index contributed by atoms with van der Waals surface area (Å²) in [5.74, 6) is 0.482. The van der Waals surface area contributed by atoms with E-state index in [1.165, 1.54) is 19.5 Å². The van der Waals surface area contributed by atoms with Crippen LogP contribution in [0.3, 0.4) is 0 Å². The standard InChI is InChI=1S/C19H17FN4O2/c1-26-19(25)13-6-8-15(9-7-13)24-18-10-17(22-12-23-18)21-11-14-4-2-3-5-16(14)20/h2-10,12H,11H2,1H3,(H2,21,22,23,24). The lowest BCUT2D eigenvalue weighted by Gasteiger charge is -2.09. The highest BCUT2D eigenvalue weighted by molar-refractivity contribution is 5.89. The predicted molar refractivity (Wildman–Crippen MR) is 96.8 cm³/mol. The maximum atomic E-state index is 13.7. The minimum absolute atomic E-state index is 0.266. The Morgan fingerprint density at radius 3 is 2.54 bits per heavy atom. The number of nitrogens with one attached hydrogen (secondary N) is 2. The normalized spacial score (nSPS) is 10.2. The number of halogens is 1. The number of carbonyl (C=O) groups is 1. The summed E-state index contributed by atoms with van der Waals surface area (Å²) in [5.41, 5.74) is 1.78. The van der Waals surface area contributed by atoms with Crippen LogP contribution in [0.2, 0.25) is 0 Å². The Morgan fingerprint density at radius 2 is 1.81 bits per heavy atom. The molecule has 0 spiro atoms. The van der Waals surface area contributed by atoms with Gasteiger partial charge >= 0.3 is 5.97 Å². The second kappa shape index (κ2) is 8.06. The Hall–Kier alpha value is -3.48. The Kier molecular flexibility index (Phi) is 5.38. The highest BCUT2D eigenvalue weighted by Gasteiger charge is 2.06. The van der Waals surface area contributed by atoms with Gasteiger partial charge in [-0.1, -0.05) is 18.2 Å². The van der Waals surface area contributed by atoms with Gasteiger partial charge in [-0.25, -0.2) is 19.2 Å². The van der Waals surface area contributed by atoms with E-state index in [0.717, 1.165) is 5.69 Å². The van der Waals surface area contributed by atoms with Crippen molar-refractivity contribution in [1.82, 2.24) is 9.97 Å². The monoisotopic (exact) mass is 352 g/mol. The molecule has 2 aromatic carbocycles. The van der Waals surface area contributed by atoms with Crippen LogP contribution in [0.15, 0.2) is 60.9 Å². The number of hydrogen-bond acceptors (Lipinski definition) is 6. The molecule has 0 bridgehead atoms. The topological polar surface area (TPSA) is 76.1 Å². The van der Waals surface area contributed by atoms with Gasteiger partial charge in [-0.3, -0.25) is 0 Å². The lowest BCUT2D eigenvalue weighted by atomic mass is 10.2. The summed E-state index contributed by atoms with van der Waals surface area (Å²) >= 11 is 0. The van der Waals surface area contributed by atoms with E-state index in [1.54, 1.807) is 48.5 Å². The molecule has 1 heterocycles. The zero-order valence-corrected chi connectivity index (χ0v) is 14.1. The van der Waals surface area contributed by atoms with E-state index in [4.69, 9.17) is 0 Å². The van der Waals surface area contributed by atoms with Gasteiger partial charge in [0.15, 0.2) is 0 Å². The minimum Gasteiger partial charge on any atom is -0.465 e. The summed E-state index contributed by atoms with van der Waals surface area (Å²) in [5, 5.41) is 6.19. The van der Waals surface area contributed by atoms with Crippen LogP contribution in [0.4, 0.5) is 21.7 Å². The molecule has 0 radical (unpaired) electrons. The van der Waals surface area contributed by atoms with Crippen molar-refractivity contribution in [3.63, 3.8) is 0 Å². The summed E-state index contributed by atoms with van der Waals surface area (Å²) in [7, 11) is 1.34. The third kappa shape index (κ3) is 4.32. The van der Waals surface area contributed by atoms with E-state index in [2.05, 4.69) is 25.3 Å². The van der Waals surface area contributed by atoms with Crippen molar-refractivity contribution >= 4 is 23.3 Å². The lowest BCUT2D eigenvalue weighted by Crippen LogP contribution is -2.04. The number of hydrogen-bond donors (Lipinski definition) is 2. The number of carbonyl (C=O) groups excluding carboxylic acids is 1. The third-order valence-corrected chi connectivity index (χ3v) is 3.66. The van der Waals surface area contributed by atoms with Crippen molar-refractivity contribution in [2.45, 2.75) is 6.54 Å². The molecule has 1 aromatic heterocycles. The Balaban J connectivity index is 1.65. The highest BCUT2D eigenvalue weighted by Crippen LogP contribution is 2.18. The number of ether oxygens (including phenoxy) is 1. The summed E-state index contributed by atoms with van der Waals surface area (Å²) in [6.07, 6.45) is 1.41. The van der Waals surface area contributed by atoms with Crippen LogP contribution < -0.4 is 10.6 Å². The highest BCUT2D eigenvalue weighted by atomic mass is 19.1. The SMILES string of the molecule is COC(=O)c1ccc(Nc2cc(NCc3ccccc3F)ncn2)cc1. The zero-order valence-electron chi connectivity index (χ0n) is 14.1. The van der Waals surface area contributed by atoms with Crippen LogP contribution >= 0.6 is 0 Å². The summed E-state index contributed by atoms with van der Waals surface area (Å²) < 4.78 is 18.3. The van der Waals surface area contributed by atoms with Crippen molar-refractivity contribution in [3.8, 4) is 0 Å². The third-order valence-electron chi connectivity index (χ3n) is 3.66. The van der Waals surface area contributed by atoms with Crippen molar-refractivity contribution < 1.29 is 13.9 Å². The van der Waals surface area contributed by atoms with Gasteiger partial charge in [0.25, 0.3) is 0 Å². The maximum absolute atomic E-state index is 13.7. The summed E-state index contributed by atoms with van der Waals surface area (Å²) in [4.78, 5) is 19.7. The lowest BCUT2D eigenvalue weighted by molar-refractivity contribution is 0.0601. The summed E-state index contributed by atoms with van der Waals surface area (Å²) in [6, 6.07) is 15.1. The minimum atomic E-state index is -0.391. The van der Waals surface area contributed by atoms with Crippen molar-refractivity contribution in [2.75, 3.05) is 17.7 Å². The van der Waals surface area contributed by atoms with Gasteiger partial charge in [-0.05, 0) is 30.3 Å². The number of esters is 1. The molecule has 132 valence electrons. The number of rotatable bonds is 6. The van der Waals surface area contributed by atoms with E-state index >= 15 is 0 Å². The molecule has 0 unspecified atom stereocenters. The number of benzene rings is 2. The molecule has 6 nitrogen and oxygen atoms in total. The first kappa shape index (κ1) is 17.3. The Bertz CT molecular complexity index is 900. The summed E-state index contributed by atoms with van der Waals surface area (Å²) in [6.45, 7) is 0.316. The van der Waals surface area contributed by atoms with E-state index in [-0.39, 0.29) is 5.82 Å². The molecular weight excluding hydrogens is 335 g/mol. The van der Waals surface area contributed by atoms with Crippen molar-refractivity contribution in [2.24, 2.45) is 0 Å². The van der Waals surface area contributed by atoms with Gasteiger partial charge in [0.05, 0.1) is 12.7 Å². The molecule has 26 heavy (non-hydrogen) atoms. The van der Waals surface area contributed by atoms with Gasteiger partial charge < -0.3 is 15.4 Å². The van der Waals surface area contributed by atoms with E-state index in [1.807, 2.05) is 0 Å². The Morgan fingerprint density at radius 1 is 1.08 bits per heavy atom. The molecular formula is C19H17FN4O2. The molecule has 0 amide bonds. The van der Waals surface area contributed by atoms with Gasteiger partial charge in [-0.2, -0.15) is 0 Å². The van der Waals surface area contributed by atoms with E-state index in [0.29, 0.717) is 29.3 Å². The average Bonchev–Trinajstić information content (AvgIpc) is 2.68. The van der Waals surface area contributed by atoms with Crippen LogP contribution in [-0.4, -0.2) is 23.0 Å². The largest absolute Gasteiger partial charge is 0.465 e. The first-order valence-electron chi connectivity index (χ1n) is 7.90. The predicted octanol–water partition coefficient (Wildman–Crippen LogP) is 3.76. The van der Waals surface area contributed by atoms with E-state index in [9.17, 15) is 9.18 Å². The Labute approximate surface area is 150 Å². The molecule has 0 atom stereocenters. The van der Waals surface area contributed by atoms with Crippen molar-refractivity contribution in [1.29, 1.82) is 0 Å². The smallest absolute Gasteiger partial charge is 0.337 e.